The predicted octanol–water partition coefficient (Wildman–Crippen LogP) is 6.10. The lowest BCUT2D eigenvalue weighted by molar-refractivity contribution is -0.137. The van der Waals surface area contributed by atoms with Gasteiger partial charge in [-0.1, -0.05) is 12.1 Å². The second-order valence-electron chi connectivity index (χ2n) is 8.75. The topological polar surface area (TPSA) is 59.7 Å². The highest BCUT2D eigenvalue weighted by Gasteiger charge is 2.50. The highest BCUT2D eigenvalue weighted by atomic mass is 32.1. The summed E-state index contributed by atoms with van der Waals surface area (Å²) < 4.78 is 60.9. The summed E-state index contributed by atoms with van der Waals surface area (Å²) in [6, 6.07) is 16.0. The third-order valence-corrected chi connectivity index (χ3v) is 6.55. The zero-order valence-electron chi connectivity index (χ0n) is 19.5. The third kappa shape index (κ3) is 4.25. The van der Waals surface area contributed by atoms with E-state index in [1.54, 1.807) is 50.2 Å². The van der Waals surface area contributed by atoms with Gasteiger partial charge < -0.3 is 14.7 Å². The molecule has 1 N–H and O–H groups in total. The number of benzene rings is 3. The van der Waals surface area contributed by atoms with E-state index in [2.05, 4.69) is 0 Å². The largest absolute Gasteiger partial charge is 0.497 e. The zero-order chi connectivity index (χ0) is 26.4. The molecule has 3 aromatic rings. The van der Waals surface area contributed by atoms with Crippen molar-refractivity contribution in [2.75, 3.05) is 16.9 Å². The van der Waals surface area contributed by atoms with Crippen molar-refractivity contribution >= 4 is 28.7 Å². The van der Waals surface area contributed by atoms with E-state index in [9.17, 15) is 18.3 Å². The Kier molecular flexibility index (Phi) is 6.41. The van der Waals surface area contributed by atoms with E-state index in [-0.39, 0.29) is 10.8 Å². The lowest BCUT2D eigenvalue weighted by Gasteiger charge is -2.33. The molecule has 1 heterocycles. The number of hydrogen-bond acceptors (Lipinski definition) is 4. The molecule has 10 heteroatoms. The number of nitriles is 1. The average Bonchev–Trinajstić information content (AvgIpc) is 3.01. The van der Waals surface area contributed by atoms with Gasteiger partial charge in [0, 0.05) is 16.9 Å². The Hall–Kier alpha value is -3.68. The number of alkyl halides is 3. The minimum absolute atomic E-state index is 0.0121. The molecule has 0 aromatic heterocycles. The highest BCUT2D eigenvalue weighted by molar-refractivity contribution is 7.80. The van der Waals surface area contributed by atoms with Crippen LogP contribution in [0.2, 0.25) is 0 Å². The van der Waals surface area contributed by atoms with Crippen molar-refractivity contribution in [1.29, 1.82) is 5.26 Å². The molecule has 3 aromatic carbocycles. The minimum Gasteiger partial charge on any atom is -0.497 e. The molecular formula is C26H21F4N3O2S. The van der Waals surface area contributed by atoms with Gasteiger partial charge in [0.05, 0.1) is 29.8 Å². The zero-order valence-corrected chi connectivity index (χ0v) is 20.3. The molecule has 0 saturated carbocycles. The van der Waals surface area contributed by atoms with Crippen LogP contribution in [0.1, 0.15) is 25.0 Å². The number of nitrogens with zero attached hydrogens (tertiary/aromatic N) is 3. The van der Waals surface area contributed by atoms with Crippen LogP contribution in [0.3, 0.4) is 0 Å². The number of anilines is 2. The van der Waals surface area contributed by atoms with Gasteiger partial charge in [-0.25, -0.2) is 4.39 Å². The predicted molar refractivity (Wildman–Crippen MR) is 132 cm³/mol. The Labute approximate surface area is 210 Å². The summed E-state index contributed by atoms with van der Waals surface area (Å²) in [5.41, 5.74) is -1.56. The van der Waals surface area contributed by atoms with E-state index in [4.69, 9.17) is 22.2 Å². The van der Waals surface area contributed by atoms with Gasteiger partial charge in [-0.05, 0) is 80.2 Å². The second-order valence-corrected chi connectivity index (χ2v) is 9.11. The SMILES string of the molecule is COc1ccc(-c2ccc(N3C(=S)N(c4ccc(C#N)c(C(F)(F)F)c4)C(O)C3(C)C)cc2F)cc1. The Bertz CT molecular complexity index is 1370. The number of hydrogen-bond donors (Lipinski definition) is 1. The highest BCUT2D eigenvalue weighted by Crippen LogP contribution is 2.42. The maximum absolute atomic E-state index is 15.2. The van der Waals surface area contributed by atoms with Crippen LogP contribution >= 0.6 is 12.2 Å². The number of ether oxygens (including phenoxy) is 1. The van der Waals surface area contributed by atoms with Crippen LogP contribution in [0.5, 0.6) is 5.75 Å². The van der Waals surface area contributed by atoms with Crippen LogP contribution in [-0.4, -0.2) is 29.1 Å². The van der Waals surface area contributed by atoms with E-state index < -0.39 is 34.9 Å². The maximum atomic E-state index is 15.2. The minimum atomic E-state index is -4.77. The van der Waals surface area contributed by atoms with E-state index in [0.717, 1.165) is 12.1 Å². The molecule has 1 atom stereocenters. The molecule has 0 aliphatic carbocycles. The maximum Gasteiger partial charge on any atom is 0.417 e. The van der Waals surface area contributed by atoms with Gasteiger partial charge in [0.2, 0.25) is 0 Å². The first-order valence-electron chi connectivity index (χ1n) is 10.8. The smallest absolute Gasteiger partial charge is 0.417 e. The summed E-state index contributed by atoms with van der Waals surface area (Å²) in [4.78, 5) is 2.67. The molecule has 4 rings (SSSR count). The normalized spacial score (nSPS) is 17.3. The van der Waals surface area contributed by atoms with Crippen LogP contribution in [0, 0.1) is 17.1 Å². The summed E-state index contributed by atoms with van der Waals surface area (Å²) in [5.74, 6) is 0.0902. The quantitative estimate of drug-likeness (QED) is 0.335. The van der Waals surface area contributed by atoms with Crippen molar-refractivity contribution in [3.8, 4) is 22.9 Å². The Morgan fingerprint density at radius 2 is 1.67 bits per heavy atom. The average molecular weight is 516 g/mol. The fourth-order valence-electron chi connectivity index (χ4n) is 4.25. The van der Waals surface area contributed by atoms with Crippen molar-refractivity contribution in [3.05, 3.63) is 77.6 Å². The summed E-state index contributed by atoms with van der Waals surface area (Å²) in [6.07, 6.45) is -6.13. The molecule has 0 spiro atoms. The van der Waals surface area contributed by atoms with Crippen molar-refractivity contribution in [1.82, 2.24) is 0 Å². The number of rotatable bonds is 4. The molecule has 186 valence electrons. The second kappa shape index (κ2) is 9.08. The van der Waals surface area contributed by atoms with Crippen molar-refractivity contribution in [2.45, 2.75) is 31.8 Å². The fraction of sp³-hybridized carbons (Fsp3) is 0.231. The molecule has 0 amide bonds. The Morgan fingerprint density at radius 1 is 1.03 bits per heavy atom. The van der Waals surface area contributed by atoms with Crippen LogP contribution in [-0.2, 0) is 6.18 Å². The van der Waals surface area contributed by atoms with E-state index in [1.807, 2.05) is 0 Å². The van der Waals surface area contributed by atoms with Crippen molar-refractivity contribution < 1.29 is 27.4 Å². The summed E-state index contributed by atoms with van der Waals surface area (Å²) in [7, 11) is 1.53. The molecule has 1 unspecified atom stereocenters. The van der Waals surface area contributed by atoms with Crippen LogP contribution < -0.4 is 14.5 Å². The van der Waals surface area contributed by atoms with Crippen molar-refractivity contribution in [3.63, 3.8) is 0 Å². The van der Waals surface area contributed by atoms with E-state index in [0.29, 0.717) is 22.6 Å². The van der Waals surface area contributed by atoms with Crippen LogP contribution in [0.15, 0.2) is 60.7 Å². The molecule has 1 fully saturated rings. The molecule has 1 saturated heterocycles. The number of aliphatic hydroxyl groups excluding tert-OH is 1. The standard InChI is InChI=1S/C26H21F4N3O2S/c1-25(2)23(34)32(17-7-4-16(14-31)21(12-17)26(28,29)30)24(36)33(25)18-8-11-20(22(27)13-18)15-5-9-19(35-3)10-6-15/h4-13,23,34H,1-3H3. The number of halogens is 4. The van der Waals surface area contributed by atoms with Crippen molar-refractivity contribution in [2.24, 2.45) is 0 Å². The number of thiocarbonyl (C=S) groups is 1. The molecule has 0 radical (unpaired) electrons. The van der Waals surface area contributed by atoms with Gasteiger partial charge in [0.15, 0.2) is 11.3 Å². The molecular weight excluding hydrogens is 494 g/mol. The van der Waals surface area contributed by atoms with Crippen LogP contribution in [0.25, 0.3) is 11.1 Å². The van der Waals surface area contributed by atoms with Crippen LogP contribution in [0.4, 0.5) is 28.9 Å². The Balaban J connectivity index is 1.73. The van der Waals surface area contributed by atoms with E-state index >= 15 is 4.39 Å². The van der Waals surface area contributed by atoms with Gasteiger partial charge in [-0.3, -0.25) is 4.90 Å². The molecule has 0 bridgehead atoms. The monoisotopic (exact) mass is 515 g/mol. The summed E-state index contributed by atoms with van der Waals surface area (Å²) in [6.45, 7) is 3.29. The lowest BCUT2D eigenvalue weighted by Crippen LogP contribution is -2.47. The molecule has 36 heavy (non-hydrogen) atoms. The van der Waals surface area contributed by atoms with Gasteiger partial charge in [0.1, 0.15) is 11.6 Å². The molecule has 5 nitrogen and oxygen atoms in total. The van der Waals surface area contributed by atoms with Gasteiger partial charge in [0.25, 0.3) is 0 Å². The summed E-state index contributed by atoms with van der Waals surface area (Å²) in [5, 5.41) is 20.2. The van der Waals surface area contributed by atoms with Gasteiger partial charge >= 0.3 is 6.18 Å². The number of methoxy groups -OCH3 is 1. The Morgan fingerprint density at radius 3 is 2.22 bits per heavy atom. The third-order valence-electron chi connectivity index (χ3n) is 6.17. The number of aliphatic hydroxyl groups is 1. The first-order chi connectivity index (χ1) is 16.9. The summed E-state index contributed by atoms with van der Waals surface area (Å²) >= 11 is 5.56. The first kappa shape index (κ1) is 25.4. The molecule has 1 aliphatic rings. The molecule has 1 aliphatic heterocycles. The lowest BCUT2D eigenvalue weighted by atomic mass is 9.99. The fourth-order valence-corrected chi connectivity index (χ4v) is 4.79. The van der Waals surface area contributed by atoms with Gasteiger partial charge in [-0.2, -0.15) is 18.4 Å². The first-order valence-corrected chi connectivity index (χ1v) is 11.2. The van der Waals surface area contributed by atoms with E-state index in [1.165, 1.54) is 35.1 Å². The van der Waals surface area contributed by atoms with Gasteiger partial charge in [-0.15, -0.1) is 0 Å².